The van der Waals surface area contributed by atoms with E-state index in [1.54, 1.807) is 13.8 Å². The molecule has 6 heteroatoms. The number of hydrogen-bond acceptors (Lipinski definition) is 6. The average Bonchev–Trinajstić information content (AvgIpc) is 2.32. The summed E-state index contributed by atoms with van der Waals surface area (Å²) >= 11 is 2.63. The number of unbranched alkanes of at least 4 members (excludes halogenated alkanes) is 1. The molecule has 0 aliphatic carbocycles. The second kappa shape index (κ2) is 11.3. The van der Waals surface area contributed by atoms with Crippen molar-refractivity contribution in [3.05, 3.63) is 0 Å². The zero-order chi connectivity index (χ0) is 14.7. The van der Waals surface area contributed by atoms with E-state index in [1.165, 1.54) is 30.6 Å². The smallest absolute Gasteiger partial charge is 0.305 e. The second-order valence-electron chi connectivity index (χ2n) is 4.18. The van der Waals surface area contributed by atoms with Crippen LogP contribution in [0, 0.1) is 0 Å². The summed E-state index contributed by atoms with van der Waals surface area (Å²) in [5, 5.41) is 0.449. The lowest BCUT2D eigenvalue weighted by Crippen LogP contribution is -2.08. The third-order valence-electron chi connectivity index (χ3n) is 2.46. The van der Waals surface area contributed by atoms with Crippen molar-refractivity contribution in [2.45, 2.75) is 51.2 Å². The second-order valence-corrected chi connectivity index (χ2v) is 6.93. The van der Waals surface area contributed by atoms with E-state index in [1.807, 2.05) is 0 Å². The molecule has 19 heavy (non-hydrogen) atoms. The summed E-state index contributed by atoms with van der Waals surface area (Å²) in [6.07, 6.45) is 3.83. The first-order valence-electron chi connectivity index (χ1n) is 6.33. The van der Waals surface area contributed by atoms with Gasteiger partial charge < -0.3 is 4.74 Å². The van der Waals surface area contributed by atoms with Crippen LogP contribution in [0.5, 0.6) is 0 Å². The van der Waals surface area contributed by atoms with E-state index in [2.05, 4.69) is 4.74 Å². The van der Waals surface area contributed by atoms with Gasteiger partial charge in [0.25, 0.3) is 0 Å². The van der Waals surface area contributed by atoms with Crippen LogP contribution in [0.25, 0.3) is 0 Å². The molecule has 0 aromatic heterocycles. The van der Waals surface area contributed by atoms with Crippen molar-refractivity contribution < 1.29 is 19.1 Å². The van der Waals surface area contributed by atoms with Crippen LogP contribution < -0.4 is 0 Å². The minimum absolute atomic E-state index is 0.103. The van der Waals surface area contributed by atoms with Crippen molar-refractivity contribution in [2.24, 2.45) is 0 Å². The van der Waals surface area contributed by atoms with Crippen LogP contribution in [-0.2, 0) is 19.1 Å². The molecule has 0 aliphatic rings. The Morgan fingerprint density at radius 3 is 2.26 bits per heavy atom. The summed E-state index contributed by atoms with van der Waals surface area (Å²) in [6.45, 7) is 3.11. The van der Waals surface area contributed by atoms with Crippen LogP contribution in [0.3, 0.4) is 0 Å². The van der Waals surface area contributed by atoms with Gasteiger partial charge in [-0.2, -0.15) is 0 Å². The molecule has 0 aromatic rings. The molecule has 4 nitrogen and oxygen atoms in total. The van der Waals surface area contributed by atoms with Gasteiger partial charge in [0.1, 0.15) is 0 Å². The van der Waals surface area contributed by atoms with Gasteiger partial charge in [0.05, 0.1) is 7.11 Å². The van der Waals surface area contributed by atoms with Crippen molar-refractivity contribution in [2.75, 3.05) is 12.9 Å². The molecule has 1 unspecified atom stereocenters. The monoisotopic (exact) mass is 306 g/mol. The first kappa shape index (κ1) is 18.5. The highest BCUT2D eigenvalue weighted by molar-refractivity contribution is 8.14. The van der Waals surface area contributed by atoms with Crippen molar-refractivity contribution in [3.8, 4) is 0 Å². The van der Waals surface area contributed by atoms with Crippen molar-refractivity contribution in [1.29, 1.82) is 0 Å². The van der Waals surface area contributed by atoms with Crippen LogP contribution >= 0.6 is 23.5 Å². The molecular weight excluding hydrogens is 284 g/mol. The fraction of sp³-hybridized carbons (Fsp3) is 0.769. The largest absolute Gasteiger partial charge is 0.469 e. The van der Waals surface area contributed by atoms with Crippen molar-refractivity contribution >= 4 is 39.7 Å². The van der Waals surface area contributed by atoms with E-state index >= 15 is 0 Å². The van der Waals surface area contributed by atoms with Gasteiger partial charge in [0, 0.05) is 31.3 Å². The number of hydrogen-bond donors (Lipinski definition) is 0. The first-order chi connectivity index (χ1) is 8.95. The van der Waals surface area contributed by atoms with Crippen molar-refractivity contribution in [3.63, 3.8) is 0 Å². The Morgan fingerprint density at radius 2 is 1.74 bits per heavy atom. The van der Waals surface area contributed by atoms with Gasteiger partial charge in [-0.05, 0) is 19.3 Å². The van der Waals surface area contributed by atoms with E-state index in [4.69, 9.17) is 0 Å². The first-order valence-corrected chi connectivity index (χ1v) is 8.19. The Kier molecular flexibility index (Phi) is 11.1. The van der Waals surface area contributed by atoms with Crippen LogP contribution in [0.15, 0.2) is 0 Å². The summed E-state index contributed by atoms with van der Waals surface area (Å²) < 4.78 is 4.57. The van der Waals surface area contributed by atoms with E-state index < -0.39 is 0 Å². The highest BCUT2D eigenvalue weighted by Crippen LogP contribution is 2.23. The zero-order valence-electron chi connectivity index (χ0n) is 11.8. The molecule has 1 atom stereocenters. The van der Waals surface area contributed by atoms with Gasteiger partial charge in [-0.15, -0.1) is 0 Å². The predicted octanol–water partition coefficient (Wildman–Crippen LogP) is 3.04. The molecule has 0 radical (unpaired) electrons. The highest BCUT2D eigenvalue weighted by atomic mass is 32.2. The Hall–Kier alpha value is -0.490. The normalized spacial score (nSPS) is 11.9. The minimum atomic E-state index is -0.192. The Bertz CT molecular complexity index is 305. The van der Waals surface area contributed by atoms with Crippen LogP contribution in [0.4, 0.5) is 0 Å². The van der Waals surface area contributed by atoms with Gasteiger partial charge in [-0.1, -0.05) is 29.9 Å². The molecule has 0 saturated heterocycles. The summed E-state index contributed by atoms with van der Waals surface area (Å²) in [5.41, 5.74) is 0. The third-order valence-corrected chi connectivity index (χ3v) is 4.45. The van der Waals surface area contributed by atoms with Gasteiger partial charge in [0.15, 0.2) is 10.2 Å². The van der Waals surface area contributed by atoms with E-state index in [9.17, 15) is 14.4 Å². The molecule has 0 rings (SSSR count). The number of ether oxygens (including phenoxy) is 1. The molecule has 0 N–H and O–H groups in total. The molecule has 0 heterocycles. The van der Waals surface area contributed by atoms with Crippen LogP contribution in [0.1, 0.15) is 46.0 Å². The highest BCUT2D eigenvalue weighted by Gasteiger charge is 2.13. The van der Waals surface area contributed by atoms with Crippen LogP contribution in [0.2, 0.25) is 0 Å². The van der Waals surface area contributed by atoms with Gasteiger partial charge in [-0.25, -0.2) is 0 Å². The maximum Gasteiger partial charge on any atom is 0.305 e. The molecule has 0 saturated carbocycles. The number of carbonyl (C=O) groups is 3. The maximum absolute atomic E-state index is 11.2. The maximum atomic E-state index is 11.2. The quantitative estimate of drug-likeness (QED) is 0.482. The minimum Gasteiger partial charge on any atom is -0.469 e. The zero-order valence-corrected chi connectivity index (χ0v) is 13.4. The number of methoxy groups -OCH3 is 1. The van der Waals surface area contributed by atoms with E-state index in [-0.39, 0.29) is 21.4 Å². The SMILES string of the molecule is COC(=O)CCCCC(CCSC(C)=O)SC(C)=O. The number of rotatable bonds is 9. The van der Waals surface area contributed by atoms with Gasteiger partial charge in [-0.3, -0.25) is 14.4 Å². The van der Waals surface area contributed by atoms with E-state index in [0.717, 1.165) is 31.4 Å². The molecule has 0 fully saturated rings. The predicted molar refractivity (Wildman–Crippen MR) is 80.3 cm³/mol. The number of esters is 1. The number of thioether (sulfide) groups is 2. The summed E-state index contributed by atoms with van der Waals surface area (Å²) in [6, 6.07) is 0. The summed E-state index contributed by atoms with van der Waals surface area (Å²) in [7, 11) is 1.38. The third kappa shape index (κ3) is 12.3. The fourth-order valence-electron chi connectivity index (χ4n) is 1.57. The molecular formula is C13H22O4S2. The lowest BCUT2D eigenvalue weighted by Gasteiger charge is -2.13. The number of carbonyl (C=O) groups excluding carboxylic acids is 3. The van der Waals surface area contributed by atoms with E-state index in [0.29, 0.717) is 6.42 Å². The Morgan fingerprint density at radius 1 is 1.05 bits per heavy atom. The van der Waals surface area contributed by atoms with Crippen LogP contribution in [-0.4, -0.2) is 34.3 Å². The summed E-state index contributed by atoms with van der Waals surface area (Å²) in [5.74, 6) is 0.556. The molecule has 0 bridgehead atoms. The average molecular weight is 306 g/mol. The van der Waals surface area contributed by atoms with Crippen molar-refractivity contribution in [1.82, 2.24) is 0 Å². The van der Waals surface area contributed by atoms with Gasteiger partial charge >= 0.3 is 5.97 Å². The molecule has 110 valence electrons. The molecule has 0 spiro atoms. The topological polar surface area (TPSA) is 60.4 Å². The lowest BCUT2D eigenvalue weighted by molar-refractivity contribution is -0.140. The fourth-order valence-corrected chi connectivity index (χ4v) is 3.40. The Labute approximate surface area is 123 Å². The van der Waals surface area contributed by atoms with Gasteiger partial charge in [0.2, 0.25) is 0 Å². The summed E-state index contributed by atoms with van der Waals surface area (Å²) in [4.78, 5) is 33.0. The molecule has 0 aromatic carbocycles. The standard InChI is InChI=1S/C13H22O4S2/c1-10(14)18-9-8-12(19-11(2)15)6-4-5-7-13(16)17-3/h12H,4-9H2,1-3H3. The Balaban J connectivity index is 3.88. The molecule has 0 aliphatic heterocycles. The molecule has 0 amide bonds. The lowest BCUT2D eigenvalue weighted by atomic mass is 10.1.